The van der Waals surface area contributed by atoms with E-state index in [0.29, 0.717) is 29.8 Å². The highest BCUT2D eigenvalue weighted by atomic mass is 19.1. The van der Waals surface area contributed by atoms with Gasteiger partial charge in [-0.2, -0.15) is 0 Å². The first-order chi connectivity index (χ1) is 14.7. The maximum atomic E-state index is 12.7. The molecule has 1 aliphatic rings. The molecule has 0 amide bonds. The zero-order valence-electron chi connectivity index (χ0n) is 17.4. The van der Waals surface area contributed by atoms with Crippen molar-refractivity contribution in [2.24, 2.45) is 4.99 Å². The van der Waals surface area contributed by atoms with Crippen LogP contribution in [0.4, 0.5) is 4.39 Å². The van der Waals surface area contributed by atoms with Crippen LogP contribution in [0.3, 0.4) is 0 Å². The number of nitrogens with one attached hydrogen (secondary N) is 1. The van der Waals surface area contributed by atoms with Gasteiger partial charge in [0.2, 0.25) is 0 Å². The number of alkyl halides is 1. The molecule has 1 unspecified atom stereocenters. The van der Waals surface area contributed by atoms with Gasteiger partial charge in [0, 0.05) is 24.1 Å². The molecule has 0 aromatic carbocycles. The Morgan fingerprint density at radius 1 is 1.30 bits per heavy atom. The average molecular weight is 412 g/mol. The van der Waals surface area contributed by atoms with Gasteiger partial charge in [-0.1, -0.05) is 31.2 Å². The van der Waals surface area contributed by atoms with E-state index in [4.69, 9.17) is 5.11 Å². The molecule has 0 bridgehead atoms. The number of aliphatic imine (C=N–C) groups is 1. The van der Waals surface area contributed by atoms with Crippen LogP contribution in [0.1, 0.15) is 43.9 Å². The SMILES string of the molecule is CCC(CCO)N=CNC1=C(C=O)/C=C(Cc2ccc(CF)nc2)\C=C\CC\C=C\1. The van der Waals surface area contributed by atoms with Crippen molar-refractivity contribution in [1.29, 1.82) is 0 Å². The van der Waals surface area contributed by atoms with E-state index in [0.717, 1.165) is 36.7 Å². The molecule has 2 rings (SSSR count). The normalized spacial score (nSPS) is 22.2. The van der Waals surface area contributed by atoms with E-state index in [-0.39, 0.29) is 12.6 Å². The Labute approximate surface area is 177 Å². The topological polar surface area (TPSA) is 74.6 Å². The number of pyridine rings is 1. The molecule has 0 fully saturated rings. The number of aldehydes is 1. The summed E-state index contributed by atoms with van der Waals surface area (Å²) in [6.07, 6.45) is 17.7. The van der Waals surface area contributed by atoms with E-state index in [9.17, 15) is 9.18 Å². The molecule has 1 aromatic rings. The third kappa shape index (κ3) is 7.87. The monoisotopic (exact) mass is 411 g/mol. The third-order valence-corrected chi connectivity index (χ3v) is 4.77. The summed E-state index contributed by atoms with van der Waals surface area (Å²) < 4.78 is 12.7. The summed E-state index contributed by atoms with van der Waals surface area (Å²) in [5, 5.41) is 12.2. The van der Waals surface area contributed by atoms with Crippen molar-refractivity contribution in [3.8, 4) is 0 Å². The Kier molecular flexibility index (Phi) is 10.4. The van der Waals surface area contributed by atoms with E-state index in [2.05, 4.69) is 21.4 Å². The van der Waals surface area contributed by atoms with Crippen molar-refractivity contribution < 1.29 is 14.3 Å². The predicted molar refractivity (Wildman–Crippen MR) is 119 cm³/mol. The zero-order chi connectivity index (χ0) is 21.6. The third-order valence-electron chi connectivity index (χ3n) is 4.77. The minimum Gasteiger partial charge on any atom is -0.396 e. The molecule has 2 N–H and O–H groups in total. The summed E-state index contributed by atoms with van der Waals surface area (Å²) in [5.74, 6) is 0. The van der Waals surface area contributed by atoms with Crippen molar-refractivity contribution in [2.75, 3.05) is 6.61 Å². The molecule has 0 saturated heterocycles. The Balaban J connectivity index is 2.27. The lowest BCUT2D eigenvalue weighted by molar-refractivity contribution is -0.104. The molecule has 0 aliphatic heterocycles. The van der Waals surface area contributed by atoms with Crippen LogP contribution < -0.4 is 5.32 Å². The van der Waals surface area contributed by atoms with Crippen LogP contribution in [0.15, 0.2) is 70.5 Å². The van der Waals surface area contributed by atoms with Gasteiger partial charge >= 0.3 is 0 Å². The summed E-state index contributed by atoms with van der Waals surface area (Å²) in [6, 6.07) is 3.58. The molecule has 1 aliphatic carbocycles. The van der Waals surface area contributed by atoms with Crippen LogP contribution in [0.2, 0.25) is 0 Å². The minimum absolute atomic E-state index is 0.0418. The van der Waals surface area contributed by atoms with Gasteiger partial charge in [-0.05, 0) is 61.5 Å². The largest absolute Gasteiger partial charge is 0.396 e. The summed E-state index contributed by atoms with van der Waals surface area (Å²) in [6.45, 7) is 1.53. The highest BCUT2D eigenvalue weighted by molar-refractivity contribution is 5.81. The fourth-order valence-corrected chi connectivity index (χ4v) is 3.01. The van der Waals surface area contributed by atoms with E-state index in [1.54, 1.807) is 18.6 Å². The van der Waals surface area contributed by atoms with Crippen molar-refractivity contribution in [1.82, 2.24) is 10.3 Å². The van der Waals surface area contributed by atoms with Crippen LogP contribution in [0.5, 0.6) is 0 Å². The van der Waals surface area contributed by atoms with Gasteiger partial charge in [0.05, 0.1) is 18.1 Å². The number of aliphatic hydroxyl groups is 1. The van der Waals surface area contributed by atoms with Gasteiger partial charge in [-0.3, -0.25) is 14.8 Å². The molecular formula is C24H30FN3O2. The molecule has 0 spiro atoms. The quantitative estimate of drug-likeness (QED) is 0.344. The summed E-state index contributed by atoms with van der Waals surface area (Å²) >= 11 is 0. The lowest BCUT2D eigenvalue weighted by Gasteiger charge is -2.10. The maximum Gasteiger partial charge on any atom is 0.152 e. The molecule has 6 heteroatoms. The number of hydrogen-bond donors (Lipinski definition) is 2. The fourth-order valence-electron chi connectivity index (χ4n) is 3.01. The molecular weight excluding hydrogens is 381 g/mol. The average Bonchev–Trinajstić information content (AvgIpc) is 2.78. The van der Waals surface area contributed by atoms with Crippen LogP contribution in [-0.4, -0.2) is 35.4 Å². The van der Waals surface area contributed by atoms with Crippen molar-refractivity contribution in [3.05, 3.63) is 76.8 Å². The molecule has 5 nitrogen and oxygen atoms in total. The van der Waals surface area contributed by atoms with Gasteiger partial charge in [-0.15, -0.1) is 0 Å². The first kappa shape index (κ1) is 23.4. The summed E-state index contributed by atoms with van der Waals surface area (Å²) in [7, 11) is 0. The Bertz CT molecular complexity index is 823. The first-order valence-electron chi connectivity index (χ1n) is 10.3. The number of hydrogen-bond acceptors (Lipinski definition) is 4. The number of carbonyl (C=O) groups is 1. The fraction of sp³-hybridized carbons (Fsp3) is 0.375. The van der Waals surface area contributed by atoms with Crippen molar-refractivity contribution in [2.45, 2.75) is 51.7 Å². The lowest BCUT2D eigenvalue weighted by atomic mass is 10.0. The van der Waals surface area contributed by atoms with Gasteiger partial charge in [0.15, 0.2) is 6.29 Å². The molecule has 30 heavy (non-hydrogen) atoms. The molecule has 0 radical (unpaired) electrons. The highest BCUT2D eigenvalue weighted by Gasteiger charge is 2.06. The van der Waals surface area contributed by atoms with Crippen LogP contribution in [0.25, 0.3) is 0 Å². The molecule has 1 heterocycles. The predicted octanol–water partition coefficient (Wildman–Crippen LogP) is 4.16. The second kappa shape index (κ2) is 13.4. The molecule has 1 aromatic heterocycles. The second-order valence-electron chi connectivity index (χ2n) is 7.05. The first-order valence-corrected chi connectivity index (χ1v) is 10.3. The summed E-state index contributed by atoms with van der Waals surface area (Å²) in [4.78, 5) is 20.4. The number of nitrogens with zero attached hydrogens (tertiary/aromatic N) is 2. The highest BCUT2D eigenvalue weighted by Crippen LogP contribution is 2.16. The zero-order valence-corrected chi connectivity index (χ0v) is 17.4. The van der Waals surface area contributed by atoms with Crippen molar-refractivity contribution in [3.63, 3.8) is 0 Å². The molecule has 0 saturated carbocycles. The van der Waals surface area contributed by atoms with Gasteiger partial charge in [-0.25, -0.2) is 4.39 Å². The number of aromatic nitrogens is 1. The smallest absolute Gasteiger partial charge is 0.152 e. The van der Waals surface area contributed by atoms with E-state index in [1.807, 2.05) is 37.3 Å². The standard InChI is InChI=1S/C24H30FN3O2/c1-2-22(11-12-29)27-18-28-24-8-6-4-3-5-7-19(14-21(24)17-30)13-20-9-10-23(15-25)26-16-20/h5-10,14,16-18,22,29H,2-4,11-13,15H2,1H3,(H,27,28)/b7-5+,8-6+,19-14+,24-21-. The number of aliphatic hydroxyl groups excluding tert-OH is 1. The molecule has 160 valence electrons. The maximum absolute atomic E-state index is 12.7. The van der Waals surface area contributed by atoms with Crippen LogP contribution in [-0.2, 0) is 17.9 Å². The summed E-state index contributed by atoms with van der Waals surface area (Å²) in [5.41, 5.74) is 3.51. The van der Waals surface area contributed by atoms with Crippen LogP contribution in [0, 0.1) is 0 Å². The number of allylic oxidation sites excluding steroid dienone is 7. The second-order valence-corrected chi connectivity index (χ2v) is 7.05. The Morgan fingerprint density at radius 2 is 2.10 bits per heavy atom. The number of carbonyl (C=O) groups excluding carboxylic acids is 1. The van der Waals surface area contributed by atoms with E-state index in [1.165, 1.54) is 0 Å². The van der Waals surface area contributed by atoms with E-state index < -0.39 is 6.67 Å². The van der Waals surface area contributed by atoms with Crippen molar-refractivity contribution >= 4 is 12.6 Å². The number of halogens is 1. The molecule has 1 atom stereocenters. The number of rotatable bonds is 10. The van der Waals surface area contributed by atoms with Gasteiger partial charge in [0.1, 0.15) is 6.67 Å². The van der Waals surface area contributed by atoms with Gasteiger partial charge < -0.3 is 10.4 Å². The van der Waals surface area contributed by atoms with Crippen LogP contribution >= 0.6 is 0 Å². The lowest BCUT2D eigenvalue weighted by Crippen LogP contribution is -2.15. The Hall–Kier alpha value is -2.86. The minimum atomic E-state index is -0.582. The van der Waals surface area contributed by atoms with Gasteiger partial charge in [0.25, 0.3) is 0 Å². The Morgan fingerprint density at radius 3 is 2.73 bits per heavy atom. The van der Waals surface area contributed by atoms with E-state index >= 15 is 0 Å².